The number of hydrogen-bond donors (Lipinski definition) is 1. The molecule has 0 saturated heterocycles. The van der Waals surface area contributed by atoms with Crippen LogP contribution in [0.5, 0.6) is 11.6 Å². The topological polar surface area (TPSA) is 60.5 Å². The summed E-state index contributed by atoms with van der Waals surface area (Å²) in [7, 11) is 1.51. The van der Waals surface area contributed by atoms with Crippen LogP contribution in [0.2, 0.25) is 0 Å². The highest BCUT2D eigenvalue weighted by molar-refractivity contribution is 5.92. The van der Waals surface area contributed by atoms with Crippen LogP contribution >= 0.6 is 0 Å². The molecule has 0 spiro atoms. The minimum Gasteiger partial charge on any atom is -0.481 e. The molecule has 0 saturated carbocycles. The van der Waals surface area contributed by atoms with E-state index < -0.39 is 6.61 Å². The Hall–Kier alpha value is -2.96. The van der Waals surface area contributed by atoms with E-state index in [9.17, 15) is 13.6 Å². The number of halogens is 2. The van der Waals surface area contributed by atoms with Crippen molar-refractivity contribution in [2.75, 3.05) is 7.11 Å². The van der Waals surface area contributed by atoms with Gasteiger partial charge in [-0.3, -0.25) is 4.79 Å². The maximum Gasteiger partial charge on any atom is 0.387 e. The third-order valence-corrected chi connectivity index (χ3v) is 3.02. The Morgan fingerprint density at radius 3 is 2.88 bits per heavy atom. The second-order valence-corrected chi connectivity index (χ2v) is 4.67. The van der Waals surface area contributed by atoms with Crippen molar-refractivity contribution < 1.29 is 23.0 Å². The number of amides is 1. The maximum absolute atomic E-state index is 12.3. The summed E-state index contributed by atoms with van der Waals surface area (Å²) in [5, 5.41) is 2.68. The summed E-state index contributed by atoms with van der Waals surface area (Å²) in [6.45, 7) is -2.63. The van der Waals surface area contributed by atoms with E-state index in [0.717, 1.165) is 5.56 Å². The maximum atomic E-state index is 12.3. The minimum atomic E-state index is -2.92. The Kier molecular flexibility index (Phi) is 6.24. The molecule has 126 valence electrons. The third kappa shape index (κ3) is 5.35. The van der Waals surface area contributed by atoms with Crippen molar-refractivity contribution >= 4 is 12.0 Å². The largest absolute Gasteiger partial charge is 0.481 e. The number of carbonyl (C=O) groups is 1. The molecule has 0 aliphatic carbocycles. The zero-order valence-corrected chi connectivity index (χ0v) is 12.9. The van der Waals surface area contributed by atoms with Gasteiger partial charge in [0.05, 0.1) is 7.11 Å². The van der Waals surface area contributed by atoms with E-state index in [0.29, 0.717) is 11.4 Å². The van der Waals surface area contributed by atoms with E-state index in [4.69, 9.17) is 4.74 Å². The zero-order chi connectivity index (χ0) is 17.4. The second-order valence-electron chi connectivity index (χ2n) is 4.67. The van der Waals surface area contributed by atoms with Gasteiger partial charge >= 0.3 is 6.61 Å². The van der Waals surface area contributed by atoms with Gasteiger partial charge in [0, 0.05) is 30.4 Å². The number of hydrogen-bond acceptors (Lipinski definition) is 4. The van der Waals surface area contributed by atoms with Gasteiger partial charge in [0.25, 0.3) is 0 Å². The molecule has 0 unspecified atom stereocenters. The fourth-order valence-electron chi connectivity index (χ4n) is 1.91. The number of carbonyl (C=O) groups excluding carboxylic acids is 1. The molecular weight excluding hydrogens is 318 g/mol. The molecular formula is C17H16F2N2O3. The van der Waals surface area contributed by atoms with Crippen LogP contribution in [0.15, 0.2) is 48.7 Å². The number of ether oxygens (including phenoxy) is 2. The van der Waals surface area contributed by atoms with Crippen molar-refractivity contribution in [3.63, 3.8) is 0 Å². The first-order valence-corrected chi connectivity index (χ1v) is 7.07. The molecule has 1 aromatic heterocycles. The average molecular weight is 334 g/mol. The van der Waals surface area contributed by atoms with Crippen molar-refractivity contribution in [2.45, 2.75) is 13.2 Å². The molecule has 0 aliphatic rings. The average Bonchev–Trinajstić information content (AvgIpc) is 2.59. The number of methoxy groups -OCH3 is 1. The summed E-state index contributed by atoms with van der Waals surface area (Å²) in [5.74, 6) is 0.100. The predicted molar refractivity (Wildman–Crippen MR) is 84.7 cm³/mol. The standard InChI is InChI=1S/C17H16F2N2O3/c1-23-16-10-12(8-9-20-16)11-21-15(22)7-6-13-4-2-3-5-14(13)24-17(18)19/h2-10,17H,11H2,1H3,(H,21,22). The van der Waals surface area contributed by atoms with Crippen LogP contribution in [-0.4, -0.2) is 24.6 Å². The Labute approximate surface area is 137 Å². The number of rotatable bonds is 7. The highest BCUT2D eigenvalue weighted by Gasteiger charge is 2.07. The fourth-order valence-corrected chi connectivity index (χ4v) is 1.91. The number of aromatic nitrogens is 1. The molecule has 1 aromatic carbocycles. The number of alkyl halides is 2. The van der Waals surface area contributed by atoms with Crippen molar-refractivity contribution in [2.24, 2.45) is 0 Å². The van der Waals surface area contributed by atoms with E-state index in [-0.39, 0.29) is 18.2 Å². The van der Waals surface area contributed by atoms with Crippen LogP contribution in [0, 0.1) is 0 Å². The molecule has 0 radical (unpaired) electrons. The number of nitrogens with zero attached hydrogens (tertiary/aromatic N) is 1. The van der Waals surface area contributed by atoms with Crippen molar-refractivity contribution in [1.82, 2.24) is 10.3 Å². The molecule has 2 aromatic rings. The van der Waals surface area contributed by atoms with Gasteiger partial charge in [0.2, 0.25) is 11.8 Å². The summed E-state index contributed by atoms with van der Waals surface area (Å²) in [5.41, 5.74) is 1.21. The van der Waals surface area contributed by atoms with E-state index in [1.807, 2.05) is 0 Å². The van der Waals surface area contributed by atoms with Crippen LogP contribution in [0.4, 0.5) is 8.78 Å². The van der Waals surface area contributed by atoms with Crippen LogP contribution in [0.3, 0.4) is 0 Å². The van der Waals surface area contributed by atoms with Crippen LogP contribution in [-0.2, 0) is 11.3 Å². The molecule has 2 rings (SSSR count). The molecule has 1 amide bonds. The van der Waals surface area contributed by atoms with Gasteiger partial charge in [0.15, 0.2) is 0 Å². The van der Waals surface area contributed by atoms with Crippen LogP contribution in [0.1, 0.15) is 11.1 Å². The lowest BCUT2D eigenvalue weighted by Gasteiger charge is -2.07. The molecule has 0 fully saturated rings. The quantitative estimate of drug-likeness (QED) is 0.791. The monoisotopic (exact) mass is 334 g/mol. The summed E-state index contributed by atoms with van der Waals surface area (Å²) < 4.78 is 34.1. The Balaban J connectivity index is 1.95. The fraction of sp³-hybridized carbons (Fsp3) is 0.176. The lowest BCUT2D eigenvalue weighted by Crippen LogP contribution is -2.20. The molecule has 0 bridgehead atoms. The number of benzene rings is 1. The Bertz CT molecular complexity index is 720. The molecule has 1 N–H and O–H groups in total. The van der Waals surface area contributed by atoms with Gasteiger partial charge in [0.1, 0.15) is 5.75 Å². The van der Waals surface area contributed by atoms with E-state index in [2.05, 4.69) is 15.0 Å². The Morgan fingerprint density at radius 1 is 1.33 bits per heavy atom. The van der Waals surface area contributed by atoms with Crippen molar-refractivity contribution in [3.8, 4) is 11.6 Å². The van der Waals surface area contributed by atoms with Gasteiger partial charge in [-0.2, -0.15) is 8.78 Å². The second kappa shape index (κ2) is 8.61. The molecule has 0 atom stereocenters. The van der Waals surface area contributed by atoms with Gasteiger partial charge in [-0.25, -0.2) is 4.98 Å². The molecule has 1 heterocycles. The van der Waals surface area contributed by atoms with E-state index in [1.54, 1.807) is 36.5 Å². The van der Waals surface area contributed by atoms with Gasteiger partial charge < -0.3 is 14.8 Å². The summed E-state index contributed by atoms with van der Waals surface area (Å²) in [6.07, 6.45) is 4.25. The third-order valence-electron chi connectivity index (χ3n) is 3.02. The normalized spacial score (nSPS) is 10.8. The lowest BCUT2D eigenvalue weighted by molar-refractivity contribution is -0.116. The first kappa shape index (κ1) is 17.4. The van der Waals surface area contributed by atoms with Gasteiger partial charge in [-0.1, -0.05) is 18.2 Å². The SMILES string of the molecule is COc1cc(CNC(=O)C=Cc2ccccc2OC(F)F)ccn1. The van der Waals surface area contributed by atoms with Crippen molar-refractivity contribution in [1.29, 1.82) is 0 Å². The first-order valence-electron chi connectivity index (χ1n) is 7.07. The molecule has 7 heteroatoms. The number of pyridine rings is 1. The number of para-hydroxylation sites is 1. The first-order chi connectivity index (χ1) is 11.6. The van der Waals surface area contributed by atoms with Gasteiger partial charge in [-0.15, -0.1) is 0 Å². The molecule has 0 aliphatic heterocycles. The smallest absolute Gasteiger partial charge is 0.387 e. The van der Waals surface area contributed by atoms with Crippen molar-refractivity contribution in [3.05, 3.63) is 59.8 Å². The Morgan fingerprint density at radius 2 is 2.12 bits per heavy atom. The number of nitrogens with one attached hydrogen (secondary N) is 1. The van der Waals surface area contributed by atoms with Gasteiger partial charge in [-0.05, 0) is 23.8 Å². The highest BCUT2D eigenvalue weighted by Crippen LogP contribution is 2.21. The minimum absolute atomic E-state index is 0.00965. The summed E-state index contributed by atoms with van der Waals surface area (Å²) in [4.78, 5) is 15.8. The van der Waals surface area contributed by atoms with E-state index >= 15 is 0 Å². The van der Waals surface area contributed by atoms with Crippen LogP contribution in [0.25, 0.3) is 6.08 Å². The molecule has 5 nitrogen and oxygen atoms in total. The highest BCUT2D eigenvalue weighted by atomic mass is 19.3. The zero-order valence-electron chi connectivity index (χ0n) is 12.9. The predicted octanol–water partition coefficient (Wildman–Crippen LogP) is 3.02. The summed E-state index contributed by atoms with van der Waals surface area (Å²) in [6, 6.07) is 9.68. The lowest BCUT2D eigenvalue weighted by atomic mass is 10.2. The summed E-state index contributed by atoms with van der Waals surface area (Å²) >= 11 is 0. The molecule has 24 heavy (non-hydrogen) atoms. The van der Waals surface area contributed by atoms with E-state index in [1.165, 1.54) is 25.3 Å². The van der Waals surface area contributed by atoms with Crippen LogP contribution < -0.4 is 14.8 Å².